The van der Waals surface area contributed by atoms with E-state index in [4.69, 9.17) is 11.6 Å². The summed E-state index contributed by atoms with van der Waals surface area (Å²) in [6.45, 7) is 1.03. The molecule has 4 heterocycles. The fourth-order valence-corrected chi connectivity index (χ4v) is 6.10. The van der Waals surface area contributed by atoms with Gasteiger partial charge in [-0.1, -0.05) is 17.7 Å². The van der Waals surface area contributed by atoms with Crippen LogP contribution in [-0.2, 0) is 21.4 Å². The lowest BCUT2D eigenvalue weighted by molar-refractivity contribution is -0.126. The van der Waals surface area contributed by atoms with Gasteiger partial charge in [-0.25, -0.2) is 13.4 Å². The molecule has 0 saturated carbocycles. The first kappa shape index (κ1) is 19.4. The van der Waals surface area contributed by atoms with E-state index in [2.05, 4.69) is 10.3 Å². The lowest BCUT2D eigenvalue weighted by atomic mass is 9.97. The van der Waals surface area contributed by atoms with Crippen LogP contribution in [0.4, 0.5) is 0 Å². The highest BCUT2D eigenvalue weighted by atomic mass is 35.5. The molecule has 0 bridgehead atoms. The molecule has 1 amide bonds. The Kier molecular flexibility index (Phi) is 5.42. The normalized spacial score (nSPS) is 16.5. The van der Waals surface area contributed by atoms with Gasteiger partial charge >= 0.3 is 0 Å². The van der Waals surface area contributed by atoms with Crippen LogP contribution in [-0.4, -0.2) is 41.1 Å². The number of fused-ring (bicyclic) bond motifs is 1. The van der Waals surface area contributed by atoms with Crippen molar-refractivity contribution in [1.82, 2.24) is 19.0 Å². The van der Waals surface area contributed by atoms with Gasteiger partial charge in [0.25, 0.3) is 10.0 Å². The number of amides is 1. The maximum atomic E-state index is 12.6. The number of hydrogen-bond acceptors (Lipinski definition) is 5. The zero-order valence-electron chi connectivity index (χ0n) is 14.9. The number of halogens is 1. The largest absolute Gasteiger partial charge is 0.350 e. The summed E-state index contributed by atoms with van der Waals surface area (Å²) >= 11 is 7.18. The van der Waals surface area contributed by atoms with Crippen molar-refractivity contribution in [3.63, 3.8) is 0 Å². The number of imidazole rings is 1. The Labute approximate surface area is 172 Å². The maximum absolute atomic E-state index is 12.6. The number of nitrogens with zero attached hydrogens (tertiary/aromatic N) is 3. The van der Waals surface area contributed by atoms with E-state index >= 15 is 0 Å². The number of aromatic nitrogens is 2. The van der Waals surface area contributed by atoms with Crippen LogP contribution in [0.5, 0.6) is 0 Å². The summed E-state index contributed by atoms with van der Waals surface area (Å²) in [5.74, 6) is -0.260. The van der Waals surface area contributed by atoms with Gasteiger partial charge in [0, 0.05) is 31.4 Å². The number of sulfonamides is 1. The van der Waals surface area contributed by atoms with Crippen LogP contribution in [0.2, 0.25) is 5.02 Å². The van der Waals surface area contributed by atoms with Crippen LogP contribution in [0.15, 0.2) is 46.2 Å². The molecular weight excluding hydrogens is 420 g/mol. The zero-order valence-corrected chi connectivity index (χ0v) is 17.3. The number of carbonyl (C=O) groups excluding carboxylic acids is 1. The standard InChI is InChI=1S/C18H19ClN4O3S2/c19-14-3-4-16-21-15(12-22(16)11-14)10-20-18(24)13-5-7-23(8-6-13)28(25,26)17-2-1-9-27-17/h1-4,9,11-13H,5-8,10H2,(H,20,24). The van der Waals surface area contributed by atoms with Crippen LogP contribution in [0.25, 0.3) is 5.65 Å². The van der Waals surface area contributed by atoms with Gasteiger partial charge in [0.15, 0.2) is 0 Å². The molecule has 1 fully saturated rings. The minimum atomic E-state index is -3.44. The molecule has 1 N–H and O–H groups in total. The molecular formula is C18H19ClN4O3S2. The van der Waals surface area contributed by atoms with Crippen LogP contribution in [0.1, 0.15) is 18.5 Å². The van der Waals surface area contributed by atoms with E-state index < -0.39 is 10.0 Å². The van der Waals surface area contributed by atoms with E-state index in [0.29, 0.717) is 41.7 Å². The Bertz CT molecular complexity index is 1090. The second kappa shape index (κ2) is 7.82. The molecule has 28 heavy (non-hydrogen) atoms. The molecule has 0 aliphatic carbocycles. The number of rotatable bonds is 5. The summed E-state index contributed by atoms with van der Waals surface area (Å²) in [4.78, 5) is 16.9. The van der Waals surface area contributed by atoms with E-state index in [1.165, 1.54) is 15.6 Å². The third kappa shape index (κ3) is 3.93. The lowest BCUT2D eigenvalue weighted by Crippen LogP contribution is -2.42. The van der Waals surface area contributed by atoms with Crippen molar-refractivity contribution in [2.75, 3.05) is 13.1 Å². The minimum Gasteiger partial charge on any atom is -0.350 e. The van der Waals surface area contributed by atoms with Gasteiger partial charge in [0.1, 0.15) is 9.86 Å². The molecule has 0 radical (unpaired) electrons. The van der Waals surface area contributed by atoms with Crippen molar-refractivity contribution < 1.29 is 13.2 Å². The van der Waals surface area contributed by atoms with Gasteiger partial charge in [-0.2, -0.15) is 4.31 Å². The van der Waals surface area contributed by atoms with E-state index in [1.807, 2.05) is 16.7 Å². The highest BCUT2D eigenvalue weighted by Gasteiger charge is 2.32. The average Bonchev–Trinajstić information content (AvgIpc) is 3.36. The quantitative estimate of drug-likeness (QED) is 0.663. The van der Waals surface area contributed by atoms with E-state index in [9.17, 15) is 13.2 Å². The molecule has 7 nitrogen and oxygen atoms in total. The van der Waals surface area contributed by atoms with Crippen molar-refractivity contribution in [3.8, 4) is 0 Å². The van der Waals surface area contributed by atoms with Gasteiger partial charge in [0.05, 0.1) is 17.3 Å². The molecule has 0 unspecified atom stereocenters. The molecule has 148 valence electrons. The third-order valence-corrected chi connectivity index (χ3v) is 8.32. The molecule has 3 aromatic rings. The van der Waals surface area contributed by atoms with Crippen molar-refractivity contribution in [3.05, 3.63) is 52.8 Å². The summed E-state index contributed by atoms with van der Waals surface area (Å²) in [6.07, 6.45) is 4.62. The molecule has 4 rings (SSSR count). The number of carbonyl (C=O) groups is 1. The monoisotopic (exact) mass is 438 g/mol. The number of thiophene rings is 1. The Hall–Kier alpha value is -1.94. The zero-order chi connectivity index (χ0) is 19.7. The Morgan fingerprint density at radius 3 is 2.75 bits per heavy atom. The predicted octanol–water partition coefficient (Wildman–Crippen LogP) is 2.77. The summed E-state index contributed by atoms with van der Waals surface area (Å²) < 4.78 is 28.8. The minimum absolute atomic E-state index is 0.0664. The molecule has 3 aromatic heterocycles. The second-order valence-corrected chi connectivity index (χ2v) is 10.2. The summed E-state index contributed by atoms with van der Waals surface area (Å²) in [5.41, 5.74) is 1.51. The fraction of sp³-hybridized carbons (Fsp3) is 0.333. The van der Waals surface area contributed by atoms with Crippen molar-refractivity contribution in [1.29, 1.82) is 0 Å². The highest BCUT2D eigenvalue weighted by Crippen LogP contribution is 2.26. The van der Waals surface area contributed by atoms with Crippen LogP contribution in [0.3, 0.4) is 0 Å². The Balaban J connectivity index is 1.32. The fourth-order valence-electron chi connectivity index (χ4n) is 3.32. The van der Waals surface area contributed by atoms with E-state index in [0.717, 1.165) is 11.3 Å². The van der Waals surface area contributed by atoms with Gasteiger partial charge in [-0.05, 0) is 36.4 Å². The molecule has 1 aliphatic heterocycles. The average molecular weight is 439 g/mol. The first-order chi connectivity index (χ1) is 13.4. The Morgan fingerprint density at radius 1 is 1.25 bits per heavy atom. The number of pyridine rings is 1. The summed E-state index contributed by atoms with van der Waals surface area (Å²) in [7, 11) is -3.44. The van der Waals surface area contributed by atoms with Crippen LogP contribution < -0.4 is 5.32 Å². The topological polar surface area (TPSA) is 83.8 Å². The lowest BCUT2D eigenvalue weighted by Gasteiger charge is -2.30. The number of piperidine rings is 1. The first-order valence-corrected chi connectivity index (χ1v) is 11.6. The molecule has 0 aromatic carbocycles. The van der Waals surface area contributed by atoms with Crippen molar-refractivity contribution in [2.45, 2.75) is 23.6 Å². The second-order valence-electron chi connectivity index (χ2n) is 6.67. The number of nitrogens with one attached hydrogen (secondary N) is 1. The van der Waals surface area contributed by atoms with Crippen molar-refractivity contribution in [2.24, 2.45) is 5.92 Å². The smallest absolute Gasteiger partial charge is 0.252 e. The summed E-state index contributed by atoms with van der Waals surface area (Å²) in [6, 6.07) is 6.92. The maximum Gasteiger partial charge on any atom is 0.252 e. The number of hydrogen-bond donors (Lipinski definition) is 1. The van der Waals surface area contributed by atoms with Crippen LogP contribution >= 0.6 is 22.9 Å². The van der Waals surface area contributed by atoms with Gasteiger partial charge in [-0.3, -0.25) is 4.79 Å². The molecule has 1 saturated heterocycles. The van der Waals surface area contributed by atoms with Gasteiger partial charge < -0.3 is 9.72 Å². The first-order valence-electron chi connectivity index (χ1n) is 8.88. The molecule has 0 atom stereocenters. The third-order valence-electron chi connectivity index (χ3n) is 4.82. The summed E-state index contributed by atoms with van der Waals surface area (Å²) in [5, 5.41) is 5.28. The Morgan fingerprint density at radius 2 is 2.04 bits per heavy atom. The molecule has 1 aliphatic rings. The molecule has 10 heteroatoms. The molecule has 0 spiro atoms. The van der Waals surface area contributed by atoms with E-state index in [-0.39, 0.29) is 11.8 Å². The van der Waals surface area contributed by atoms with Crippen molar-refractivity contribution >= 4 is 44.5 Å². The van der Waals surface area contributed by atoms with E-state index in [1.54, 1.807) is 29.8 Å². The van der Waals surface area contributed by atoms with Gasteiger partial charge in [0.2, 0.25) is 5.91 Å². The predicted molar refractivity (Wildman–Crippen MR) is 108 cm³/mol. The SMILES string of the molecule is O=C(NCc1cn2cc(Cl)ccc2n1)C1CCN(S(=O)(=O)c2cccs2)CC1. The highest BCUT2D eigenvalue weighted by molar-refractivity contribution is 7.91. The van der Waals surface area contributed by atoms with Crippen LogP contribution in [0, 0.1) is 5.92 Å². The van der Waals surface area contributed by atoms with Gasteiger partial charge in [-0.15, -0.1) is 11.3 Å².